The molecule has 9 heteroatoms. The monoisotopic (exact) mass is 553 g/mol. The van der Waals surface area contributed by atoms with Crippen LogP contribution in [0.2, 0.25) is 0 Å². The van der Waals surface area contributed by atoms with E-state index in [1.165, 1.54) is 6.07 Å². The van der Waals surface area contributed by atoms with Crippen molar-refractivity contribution in [1.82, 2.24) is 4.72 Å². The third-order valence-corrected chi connectivity index (χ3v) is 7.40. The van der Waals surface area contributed by atoms with E-state index in [0.717, 1.165) is 34.9 Å². The molecule has 0 spiro atoms. The number of hydrogen-bond donors (Lipinski definition) is 1. The van der Waals surface area contributed by atoms with Crippen LogP contribution in [-0.2, 0) is 29.0 Å². The molecule has 0 fully saturated rings. The summed E-state index contributed by atoms with van der Waals surface area (Å²) in [4.78, 5) is 12.6. The van der Waals surface area contributed by atoms with Crippen molar-refractivity contribution in [3.05, 3.63) is 119 Å². The zero-order chi connectivity index (χ0) is 28.0. The lowest BCUT2D eigenvalue weighted by molar-refractivity contribution is -0.137. The van der Waals surface area contributed by atoms with Crippen molar-refractivity contribution in [3.63, 3.8) is 0 Å². The van der Waals surface area contributed by atoms with Crippen LogP contribution < -0.4 is 9.46 Å². The summed E-state index contributed by atoms with van der Waals surface area (Å²) in [5.41, 5.74) is 2.18. The van der Waals surface area contributed by atoms with Gasteiger partial charge in [-0.1, -0.05) is 66.7 Å². The van der Waals surface area contributed by atoms with Crippen LogP contribution in [0, 0.1) is 0 Å². The van der Waals surface area contributed by atoms with Crippen LogP contribution in [0.4, 0.5) is 13.2 Å². The van der Waals surface area contributed by atoms with Crippen LogP contribution in [0.15, 0.2) is 102 Å². The molecule has 0 heterocycles. The minimum atomic E-state index is -4.73. The number of benzene rings is 4. The Hall–Kier alpha value is -4.11. The Morgan fingerprint density at radius 2 is 1.56 bits per heavy atom. The van der Waals surface area contributed by atoms with Crippen LogP contribution in [0.3, 0.4) is 0 Å². The smallest absolute Gasteiger partial charge is 0.416 e. The Labute approximate surface area is 225 Å². The molecule has 39 heavy (non-hydrogen) atoms. The number of halogens is 3. The quantitative estimate of drug-likeness (QED) is 0.251. The SMILES string of the molecule is CCOc1ccccc1-c1ccc(C(=O)NS(=O)(=O)c2cccc(C(F)(F)F)c2)c(CCc2ccccc2)c1. The Morgan fingerprint density at radius 3 is 2.28 bits per heavy atom. The Morgan fingerprint density at radius 1 is 0.846 bits per heavy atom. The fourth-order valence-electron chi connectivity index (χ4n) is 4.18. The molecule has 1 amide bonds. The number of sulfonamides is 1. The summed E-state index contributed by atoms with van der Waals surface area (Å²) in [6.45, 7) is 2.34. The highest BCUT2D eigenvalue weighted by Crippen LogP contribution is 2.33. The second-order valence-corrected chi connectivity index (χ2v) is 10.4. The average Bonchev–Trinajstić information content (AvgIpc) is 2.92. The van der Waals surface area contributed by atoms with E-state index in [1.807, 2.05) is 72.3 Å². The molecule has 202 valence electrons. The predicted molar refractivity (Wildman–Crippen MR) is 143 cm³/mol. The number of amides is 1. The molecule has 5 nitrogen and oxygen atoms in total. The standard InChI is InChI=1S/C30H26F3NO4S/c1-2-38-28-14-7-6-13-26(28)22-17-18-27(23(19-22)16-15-21-9-4-3-5-10-21)29(35)34-39(36,37)25-12-8-11-24(20-25)30(31,32)33/h3-14,17-20H,2,15-16H2,1H3,(H,34,35). The lowest BCUT2D eigenvalue weighted by atomic mass is 9.94. The van der Waals surface area contributed by atoms with Gasteiger partial charge in [-0.2, -0.15) is 13.2 Å². The van der Waals surface area contributed by atoms with Gasteiger partial charge >= 0.3 is 6.18 Å². The summed E-state index contributed by atoms with van der Waals surface area (Å²) in [5, 5.41) is 0. The zero-order valence-corrected chi connectivity index (χ0v) is 21.9. The first kappa shape index (κ1) is 27.9. The van der Waals surface area contributed by atoms with Gasteiger partial charge in [0.2, 0.25) is 0 Å². The number of nitrogens with one attached hydrogen (secondary N) is 1. The van der Waals surface area contributed by atoms with E-state index >= 15 is 0 Å². The fourth-order valence-corrected chi connectivity index (χ4v) is 5.19. The summed E-state index contributed by atoms with van der Waals surface area (Å²) in [5.74, 6) is -0.265. The number of alkyl halides is 3. The van der Waals surface area contributed by atoms with Gasteiger partial charge in [-0.3, -0.25) is 4.79 Å². The molecule has 0 saturated carbocycles. The molecule has 0 unspecified atom stereocenters. The zero-order valence-electron chi connectivity index (χ0n) is 21.0. The minimum absolute atomic E-state index is 0.110. The highest BCUT2D eigenvalue weighted by Gasteiger charge is 2.32. The summed E-state index contributed by atoms with van der Waals surface area (Å²) in [6, 6.07) is 25.3. The van der Waals surface area contributed by atoms with Gasteiger partial charge in [-0.25, -0.2) is 13.1 Å². The van der Waals surface area contributed by atoms with Gasteiger partial charge in [-0.15, -0.1) is 0 Å². The van der Waals surface area contributed by atoms with Crippen LogP contribution in [-0.4, -0.2) is 20.9 Å². The van der Waals surface area contributed by atoms with E-state index in [1.54, 1.807) is 6.07 Å². The van der Waals surface area contributed by atoms with Gasteiger partial charge in [0, 0.05) is 11.1 Å². The molecule has 4 aromatic rings. The molecule has 0 aliphatic carbocycles. The van der Waals surface area contributed by atoms with Gasteiger partial charge in [0.25, 0.3) is 15.9 Å². The van der Waals surface area contributed by atoms with Gasteiger partial charge in [0.1, 0.15) is 5.75 Å². The molecule has 0 aliphatic rings. The second kappa shape index (κ2) is 11.7. The summed E-state index contributed by atoms with van der Waals surface area (Å²) >= 11 is 0. The van der Waals surface area contributed by atoms with Crippen molar-refractivity contribution >= 4 is 15.9 Å². The highest BCUT2D eigenvalue weighted by atomic mass is 32.2. The van der Waals surface area contributed by atoms with Crippen LogP contribution in [0.5, 0.6) is 5.75 Å². The van der Waals surface area contributed by atoms with Crippen molar-refractivity contribution < 1.29 is 31.1 Å². The van der Waals surface area contributed by atoms with Gasteiger partial charge in [-0.05, 0) is 66.8 Å². The van der Waals surface area contributed by atoms with E-state index in [0.29, 0.717) is 36.8 Å². The summed E-state index contributed by atoms with van der Waals surface area (Å²) in [6.07, 6.45) is -3.73. The normalized spacial score (nSPS) is 11.7. The molecule has 0 radical (unpaired) electrons. The van der Waals surface area contributed by atoms with Crippen molar-refractivity contribution in [2.75, 3.05) is 6.61 Å². The number of carbonyl (C=O) groups is 1. The second-order valence-electron chi connectivity index (χ2n) is 8.75. The summed E-state index contributed by atoms with van der Waals surface area (Å²) in [7, 11) is -4.57. The molecule has 0 atom stereocenters. The van der Waals surface area contributed by atoms with E-state index in [2.05, 4.69) is 0 Å². The van der Waals surface area contributed by atoms with Crippen LogP contribution in [0.1, 0.15) is 34.0 Å². The lowest BCUT2D eigenvalue weighted by Gasteiger charge is -2.15. The number of para-hydroxylation sites is 1. The van der Waals surface area contributed by atoms with Crippen molar-refractivity contribution in [2.45, 2.75) is 30.8 Å². The molecule has 0 aromatic heterocycles. The summed E-state index contributed by atoms with van der Waals surface area (Å²) < 4.78 is 72.8. The number of aryl methyl sites for hydroxylation is 2. The molecular weight excluding hydrogens is 527 g/mol. The molecular formula is C30H26F3NO4S. The maximum Gasteiger partial charge on any atom is 0.416 e. The molecule has 0 aliphatic heterocycles. The lowest BCUT2D eigenvalue weighted by Crippen LogP contribution is -2.31. The van der Waals surface area contributed by atoms with E-state index in [-0.39, 0.29) is 5.56 Å². The first-order chi connectivity index (χ1) is 18.6. The first-order valence-electron chi connectivity index (χ1n) is 12.2. The topological polar surface area (TPSA) is 72.5 Å². The van der Waals surface area contributed by atoms with Crippen molar-refractivity contribution in [2.24, 2.45) is 0 Å². The third kappa shape index (κ3) is 6.86. The number of hydrogen-bond acceptors (Lipinski definition) is 4. The first-order valence-corrected chi connectivity index (χ1v) is 13.7. The minimum Gasteiger partial charge on any atom is -0.493 e. The van der Waals surface area contributed by atoms with E-state index in [9.17, 15) is 26.4 Å². The number of ether oxygens (including phenoxy) is 1. The Balaban J connectivity index is 1.69. The number of carbonyl (C=O) groups excluding carboxylic acids is 1. The molecule has 4 aromatic carbocycles. The molecule has 4 rings (SSSR count). The average molecular weight is 554 g/mol. The predicted octanol–water partition coefficient (Wildman–Crippen LogP) is 6.68. The maximum atomic E-state index is 13.2. The fraction of sp³-hybridized carbons (Fsp3) is 0.167. The molecule has 0 bridgehead atoms. The maximum absolute atomic E-state index is 13.2. The number of rotatable bonds is 9. The van der Waals surface area contributed by atoms with Crippen LogP contribution >= 0.6 is 0 Å². The van der Waals surface area contributed by atoms with Gasteiger partial charge < -0.3 is 4.74 Å². The van der Waals surface area contributed by atoms with Gasteiger partial charge in [0.05, 0.1) is 17.1 Å². The van der Waals surface area contributed by atoms with Crippen molar-refractivity contribution in [3.8, 4) is 16.9 Å². The molecule has 0 saturated heterocycles. The Kier molecular flexibility index (Phi) is 8.40. The highest BCUT2D eigenvalue weighted by molar-refractivity contribution is 7.90. The third-order valence-electron chi connectivity index (χ3n) is 6.07. The molecule has 1 N–H and O–H groups in total. The van der Waals surface area contributed by atoms with E-state index < -0.39 is 32.6 Å². The Bertz CT molecular complexity index is 1570. The van der Waals surface area contributed by atoms with E-state index in [4.69, 9.17) is 4.74 Å². The van der Waals surface area contributed by atoms with Gasteiger partial charge in [0.15, 0.2) is 0 Å². The largest absolute Gasteiger partial charge is 0.493 e. The van der Waals surface area contributed by atoms with Crippen LogP contribution in [0.25, 0.3) is 11.1 Å². The van der Waals surface area contributed by atoms with Crippen molar-refractivity contribution in [1.29, 1.82) is 0 Å².